The molecular formula is C12H17N5O2. The van der Waals surface area contributed by atoms with E-state index in [2.05, 4.69) is 20.0 Å². The summed E-state index contributed by atoms with van der Waals surface area (Å²) in [6.07, 6.45) is 3.44. The Morgan fingerprint density at radius 3 is 3.11 bits per heavy atom. The van der Waals surface area contributed by atoms with E-state index in [1.807, 2.05) is 14.1 Å². The van der Waals surface area contributed by atoms with Crippen molar-refractivity contribution < 1.29 is 9.47 Å². The molecule has 0 spiro atoms. The number of likely N-dealkylation sites (N-methyl/N-ethyl adjacent to an activating group) is 1. The summed E-state index contributed by atoms with van der Waals surface area (Å²) < 4.78 is 12.8. The zero-order chi connectivity index (χ0) is 13.2. The van der Waals surface area contributed by atoms with E-state index in [1.54, 1.807) is 17.2 Å². The molecule has 1 unspecified atom stereocenters. The van der Waals surface area contributed by atoms with Gasteiger partial charge in [0.1, 0.15) is 12.1 Å². The van der Waals surface area contributed by atoms with Crippen LogP contribution in [0.2, 0.25) is 0 Å². The molecule has 7 nitrogen and oxygen atoms in total. The Hall–Kier alpha value is -1.73. The molecule has 19 heavy (non-hydrogen) atoms. The summed E-state index contributed by atoms with van der Waals surface area (Å²) in [7, 11) is 3.87. The molecule has 0 radical (unpaired) electrons. The Labute approximate surface area is 111 Å². The number of nitrogens with zero attached hydrogens (tertiary/aromatic N) is 5. The van der Waals surface area contributed by atoms with E-state index in [0.717, 1.165) is 23.4 Å². The highest BCUT2D eigenvalue weighted by atomic mass is 16.6. The van der Waals surface area contributed by atoms with E-state index in [-0.39, 0.29) is 6.10 Å². The van der Waals surface area contributed by atoms with Crippen LogP contribution in [0.5, 0.6) is 0 Å². The van der Waals surface area contributed by atoms with Crippen molar-refractivity contribution in [2.45, 2.75) is 6.10 Å². The number of anilines is 1. The minimum absolute atomic E-state index is 0.0837. The molecule has 7 heteroatoms. The van der Waals surface area contributed by atoms with Crippen molar-refractivity contribution in [3.8, 4) is 0 Å². The van der Waals surface area contributed by atoms with E-state index in [9.17, 15) is 0 Å². The summed E-state index contributed by atoms with van der Waals surface area (Å²) in [5.74, 6) is 0.868. The second kappa shape index (κ2) is 5.10. The summed E-state index contributed by atoms with van der Waals surface area (Å²) in [5, 5.41) is 5.17. The molecule has 102 valence electrons. The van der Waals surface area contributed by atoms with Crippen LogP contribution >= 0.6 is 0 Å². The maximum Gasteiger partial charge on any atom is 0.163 e. The van der Waals surface area contributed by atoms with Gasteiger partial charge < -0.3 is 14.4 Å². The summed E-state index contributed by atoms with van der Waals surface area (Å²) >= 11 is 0. The van der Waals surface area contributed by atoms with E-state index in [0.29, 0.717) is 19.8 Å². The molecule has 0 aliphatic carbocycles. The lowest BCUT2D eigenvalue weighted by molar-refractivity contribution is -0.0837. The van der Waals surface area contributed by atoms with E-state index in [1.165, 1.54) is 0 Å². The molecule has 0 saturated carbocycles. The molecule has 0 aromatic carbocycles. The molecule has 1 fully saturated rings. The average Bonchev–Trinajstić information content (AvgIpc) is 2.82. The Morgan fingerprint density at radius 1 is 1.42 bits per heavy atom. The molecular weight excluding hydrogens is 246 g/mol. The predicted molar refractivity (Wildman–Crippen MR) is 70.1 cm³/mol. The second-order valence-corrected chi connectivity index (χ2v) is 4.65. The van der Waals surface area contributed by atoms with E-state index < -0.39 is 0 Å². The van der Waals surface area contributed by atoms with Crippen LogP contribution in [-0.2, 0) is 16.5 Å². The molecule has 0 N–H and O–H groups in total. The third-order valence-electron chi connectivity index (χ3n) is 3.23. The van der Waals surface area contributed by atoms with Crippen LogP contribution in [0, 0.1) is 0 Å². The lowest BCUT2D eigenvalue weighted by Gasteiger charge is -2.28. The third kappa shape index (κ3) is 2.39. The number of ether oxygens (including phenoxy) is 2. The molecule has 0 bridgehead atoms. The molecule has 1 saturated heterocycles. The molecule has 1 aliphatic heterocycles. The van der Waals surface area contributed by atoms with Crippen molar-refractivity contribution in [2.24, 2.45) is 7.05 Å². The molecule has 1 atom stereocenters. The molecule has 0 amide bonds. The first-order valence-corrected chi connectivity index (χ1v) is 6.29. The number of aromatic nitrogens is 4. The number of hydrogen-bond acceptors (Lipinski definition) is 6. The van der Waals surface area contributed by atoms with Gasteiger partial charge in [-0.2, -0.15) is 5.10 Å². The summed E-state index contributed by atoms with van der Waals surface area (Å²) in [4.78, 5) is 10.6. The van der Waals surface area contributed by atoms with Crippen molar-refractivity contribution in [2.75, 3.05) is 38.3 Å². The first-order chi connectivity index (χ1) is 9.25. The summed E-state index contributed by atoms with van der Waals surface area (Å²) in [5.41, 5.74) is 0.831. The summed E-state index contributed by atoms with van der Waals surface area (Å²) in [6.45, 7) is 2.71. The number of rotatable bonds is 3. The van der Waals surface area contributed by atoms with Gasteiger partial charge in [0.2, 0.25) is 0 Å². The zero-order valence-corrected chi connectivity index (χ0v) is 11.1. The predicted octanol–water partition coefficient (Wildman–Crippen LogP) is 0.215. The molecule has 2 aromatic rings. The maximum absolute atomic E-state index is 5.66. The van der Waals surface area contributed by atoms with Crippen LogP contribution < -0.4 is 4.90 Å². The average molecular weight is 263 g/mol. The number of aryl methyl sites for hydroxylation is 1. The first kappa shape index (κ1) is 12.3. The molecule has 2 aromatic heterocycles. The van der Waals surface area contributed by atoms with Crippen molar-refractivity contribution in [1.29, 1.82) is 0 Å². The van der Waals surface area contributed by atoms with Gasteiger partial charge in [0.05, 0.1) is 37.5 Å². The van der Waals surface area contributed by atoms with Crippen LogP contribution in [0.15, 0.2) is 12.5 Å². The fourth-order valence-electron chi connectivity index (χ4n) is 2.29. The Kier molecular flexibility index (Phi) is 3.31. The quantitative estimate of drug-likeness (QED) is 0.789. The molecule has 3 rings (SSSR count). The highest BCUT2D eigenvalue weighted by Crippen LogP contribution is 2.21. The van der Waals surface area contributed by atoms with Gasteiger partial charge in [-0.3, -0.25) is 4.68 Å². The van der Waals surface area contributed by atoms with Crippen molar-refractivity contribution >= 4 is 16.9 Å². The van der Waals surface area contributed by atoms with Crippen LogP contribution in [0.1, 0.15) is 0 Å². The van der Waals surface area contributed by atoms with Crippen LogP contribution in [-0.4, -0.2) is 59.3 Å². The second-order valence-electron chi connectivity index (χ2n) is 4.65. The fourth-order valence-corrected chi connectivity index (χ4v) is 2.29. The number of hydrogen-bond donors (Lipinski definition) is 0. The highest BCUT2D eigenvalue weighted by Gasteiger charge is 2.19. The molecule has 3 heterocycles. The Balaban J connectivity index is 1.82. The topological polar surface area (TPSA) is 65.3 Å². The third-order valence-corrected chi connectivity index (χ3v) is 3.23. The van der Waals surface area contributed by atoms with Crippen molar-refractivity contribution in [3.05, 3.63) is 12.5 Å². The van der Waals surface area contributed by atoms with Crippen LogP contribution in [0.4, 0.5) is 5.82 Å². The monoisotopic (exact) mass is 263 g/mol. The van der Waals surface area contributed by atoms with Gasteiger partial charge >= 0.3 is 0 Å². The fraction of sp³-hybridized carbons (Fsp3) is 0.583. The lowest BCUT2D eigenvalue weighted by Crippen LogP contribution is -2.38. The minimum atomic E-state index is 0.0837. The maximum atomic E-state index is 5.66. The first-order valence-electron chi connectivity index (χ1n) is 6.29. The van der Waals surface area contributed by atoms with Crippen molar-refractivity contribution in [1.82, 2.24) is 19.7 Å². The molecule has 1 aliphatic rings. The largest absolute Gasteiger partial charge is 0.376 e. The standard InChI is InChI=1S/C12H17N5O2/c1-16(6-9-7-18-3-4-19-9)11-10-5-15-17(2)12(10)14-8-13-11/h5,8-9H,3-4,6-7H2,1-2H3. The van der Waals surface area contributed by atoms with E-state index >= 15 is 0 Å². The van der Waals surface area contributed by atoms with Gasteiger partial charge in [0, 0.05) is 20.6 Å². The van der Waals surface area contributed by atoms with Gasteiger partial charge in [0.15, 0.2) is 5.65 Å². The van der Waals surface area contributed by atoms with Crippen LogP contribution in [0.25, 0.3) is 11.0 Å². The van der Waals surface area contributed by atoms with Gasteiger partial charge in [0.25, 0.3) is 0 Å². The van der Waals surface area contributed by atoms with Gasteiger partial charge in [-0.05, 0) is 0 Å². The Morgan fingerprint density at radius 2 is 2.32 bits per heavy atom. The number of fused-ring (bicyclic) bond motifs is 1. The van der Waals surface area contributed by atoms with E-state index in [4.69, 9.17) is 9.47 Å². The van der Waals surface area contributed by atoms with Gasteiger partial charge in [-0.25, -0.2) is 9.97 Å². The normalized spacial score (nSPS) is 19.8. The Bertz CT molecular complexity index is 564. The van der Waals surface area contributed by atoms with Crippen molar-refractivity contribution in [3.63, 3.8) is 0 Å². The SMILES string of the molecule is CN(CC1COCCO1)c1ncnc2c1cnn2C. The lowest BCUT2D eigenvalue weighted by atomic mass is 10.3. The summed E-state index contributed by atoms with van der Waals surface area (Å²) in [6, 6.07) is 0. The zero-order valence-electron chi connectivity index (χ0n) is 11.1. The smallest absolute Gasteiger partial charge is 0.163 e. The van der Waals surface area contributed by atoms with Gasteiger partial charge in [-0.15, -0.1) is 0 Å². The highest BCUT2D eigenvalue weighted by molar-refractivity contribution is 5.86. The minimum Gasteiger partial charge on any atom is -0.376 e. The van der Waals surface area contributed by atoms with Crippen LogP contribution in [0.3, 0.4) is 0 Å². The van der Waals surface area contributed by atoms with Gasteiger partial charge in [-0.1, -0.05) is 0 Å².